The molecule has 1 atom stereocenters. The third-order valence-electron chi connectivity index (χ3n) is 1.94. The number of hydrogen-bond acceptors (Lipinski definition) is 1. The first kappa shape index (κ1) is 10.5. The van der Waals surface area contributed by atoms with E-state index in [0.717, 1.165) is 11.8 Å². The van der Waals surface area contributed by atoms with Gasteiger partial charge in [0, 0.05) is 12.4 Å². The maximum atomic E-state index is 5.72. The van der Waals surface area contributed by atoms with Gasteiger partial charge in [-0.15, -0.1) is 24.0 Å². The van der Waals surface area contributed by atoms with E-state index in [-0.39, 0.29) is 12.4 Å². The maximum absolute atomic E-state index is 5.72. The normalized spacial score (nSPS) is 27.6. The van der Waals surface area contributed by atoms with Crippen LogP contribution < -0.4 is 0 Å². The largest absolute Gasteiger partial charge is 0.306 e. The molecule has 0 aromatic carbocycles. The Hall–Kier alpha value is 0.540. The van der Waals surface area contributed by atoms with Gasteiger partial charge < -0.3 is 4.90 Å². The predicted octanol–water partition coefficient (Wildman–Crippen LogP) is 1.99. The van der Waals surface area contributed by atoms with Gasteiger partial charge in [0.2, 0.25) is 0 Å². The van der Waals surface area contributed by atoms with Crippen LogP contribution >= 0.6 is 24.0 Å². The van der Waals surface area contributed by atoms with Gasteiger partial charge in [0.1, 0.15) is 0 Å². The first-order valence-electron chi connectivity index (χ1n) is 3.57. The van der Waals surface area contributed by atoms with Gasteiger partial charge in [-0.3, -0.25) is 0 Å². The fraction of sp³-hybridized carbons (Fsp3) is 1.00. The summed E-state index contributed by atoms with van der Waals surface area (Å²) < 4.78 is 0. The first-order valence-corrected chi connectivity index (χ1v) is 4.11. The summed E-state index contributed by atoms with van der Waals surface area (Å²) in [5.41, 5.74) is 0. The van der Waals surface area contributed by atoms with E-state index in [9.17, 15) is 0 Å². The molecule has 10 heavy (non-hydrogen) atoms. The number of piperidine rings is 1. The average molecular weight is 184 g/mol. The Morgan fingerprint density at radius 1 is 1.60 bits per heavy atom. The van der Waals surface area contributed by atoms with Crippen molar-refractivity contribution in [1.82, 2.24) is 4.90 Å². The smallest absolute Gasteiger partial charge is 0.0263 e. The minimum Gasteiger partial charge on any atom is -0.306 e. The molecule has 0 spiro atoms. The van der Waals surface area contributed by atoms with E-state index in [1.807, 2.05) is 0 Å². The fourth-order valence-electron chi connectivity index (χ4n) is 1.40. The van der Waals surface area contributed by atoms with Crippen molar-refractivity contribution in [1.29, 1.82) is 0 Å². The van der Waals surface area contributed by atoms with Crippen molar-refractivity contribution in [2.24, 2.45) is 5.92 Å². The highest BCUT2D eigenvalue weighted by Crippen LogP contribution is 2.15. The Bertz CT molecular complexity index is 87.7. The van der Waals surface area contributed by atoms with Crippen LogP contribution in [0.25, 0.3) is 0 Å². The predicted molar refractivity (Wildman–Crippen MR) is 48.2 cm³/mol. The molecule has 3 heteroatoms. The summed E-state index contributed by atoms with van der Waals surface area (Å²) >= 11 is 5.72. The lowest BCUT2D eigenvalue weighted by atomic mass is 10.0. The van der Waals surface area contributed by atoms with Crippen LogP contribution in [0, 0.1) is 5.92 Å². The maximum Gasteiger partial charge on any atom is 0.0263 e. The van der Waals surface area contributed by atoms with Crippen molar-refractivity contribution in [3.05, 3.63) is 0 Å². The molecule has 0 radical (unpaired) electrons. The van der Waals surface area contributed by atoms with Crippen molar-refractivity contribution >= 4 is 24.0 Å². The van der Waals surface area contributed by atoms with Crippen LogP contribution in [0.1, 0.15) is 12.8 Å². The van der Waals surface area contributed by atoms with Crippen molar-refractivity contribution in [3.8, 4) is 0 Å². The molecule has 0 aromatic heterocycles. The molecule has 1 aliphatic rings. The number of nitrogens with zero attached hydrogens (tertiary/aromatic N) is 1. The summed E-state index contributed by atoms with van der Waals surface area (Å²) in [7, 11) is 2.17. The standard InChI is InChI=1S/C7H14ClN.ClH/c1-9-4-2-3-7(5-8)6-9;/h7H,2-6H2,1H3;1H. The summed E-state index contributed by atoms with van der Waals surface area (Å²) in [4.78, 5) is 2.36. The third kappa shape index (κ3) is 3.09. The van der Waals surface area contributed by atoms with Gasteiger partial charge >= 0.3 is 0 Å². The van der Waals surface area contributed by atoms with Crippen molar-refractivity contribution in [3.63, 3.8) is 0 Å². The molecule has 1 aliphatic heterocycles. The number of likely N-dealkylation sites (tertiary alicyclic amines) is 1. The molecule has 1 unspecified atom stereocenters. The zero-order chi connectivity index (χ0) is 6.69. The van der Waals surface area contributed by atoms with Crippen LogP contribution in [0.2, 0.25) is 0 Å². The highest BCUT2D eigenvalue weighted by atomic mass is 35.5. The van der Waals surface area contributed by atoms with Crippen molar-refractivity contribution < 1.29 is 0 Å². The van der Waals surface area contributed by atoms with Gasteiger partial charge in [0.15, 0.2) is 0 Å². The van der Waals surface area contributed by atoms with E-state index >= 15 is 0 Å². The van der Waals surface area contributed by atoms with E-state index in [4.69, 9.17) is 11.6 Å². The lowest BCUT2D eigenvalue weighted by Crippen LogP contribution is -2.32. The summed E-state index contributed by atoms with van der Waals surface area (Å²) in [5.74, 6) is 1.59. The SMILES string of the molecule is CN1CCCC(CCl)C1.Cl. The van der Waals surface area contributed by atoms with Crippen LogP contribution in [0.15, 0.2) is 0 Å². The number of hydrogen-bond donors (Lipinski definition) is 0. The fourth-order valence-corrected chi connectivity index (χ4v) is 1.65. The average Bonchev–Trinajstić information content (AvgIpc) is 1.88. The molecule has 0 N–H and O–H groups in total. The Kier molecular flexibility index (Phi) is 5.51. The highest BCUT2D eigenvalue weighted by Gasteiger charge is 2.14. The van der Waals surface area contributed by atoms with Crippen LogP contribution in [-0.4, -0.2) is 30.9 Å². The molecule has 0 aromatic rings. The summed E-state index contributed by atoms with van der Waals surface area (Å²) in [5, 5.41) is 0. The first-order chi connectivity index (χ1) is 4.33. The van der Waals surface area contributed by atoms with Gasteiger partial charge in [-0.25, -0.2) is 0 Å². The minimum absolute atomic E-state index is 0. The molecule has 1 rings (SSSR count). The van der Waals surface area contributed by atoms with Crippen LogP contribution in [0.3, 0.4) is 0 Å². The highest BCUT2D eigenvalue weighted by molar-refractivity contribution is 6.18. The molecule has 0 saturated carbocycles. The van der Waals surface area contributed by atoms with Gasteiger partial charge in [0.25, 0.3) is 0 Å². The van der Waals surface area contributed by atoms with Crippen LogP contribution in [-0.2, 0) is 0 Å². The van der Waals surface area contributed by atoms with E-state index in [2.05, 4.69) is 11.9 Å². The Balaban J connectivity index is 0.000000810. The quantitative estimate of drug-likeness (QED) is 0.563. The topological polar surface area (TPSA) is 3.24 Å². The molecule has 1 fully saturated rings. The van der Waals surface area contributed by atoms with E-state index < -0.39 is 0 Å². The number of halogens is 2. The summed E-state index contributed by atoms with van der Waals surface area (Å²) in [6, 6.07) is 0. The minimum atomic E-state index is 0. The molecule has 0 bridgehead atoms. The van der Waals surface area contributed by atoms with Crippen LogP contribution in [0.4, 0.5) is 0 Å². The summed E-state index contributed by atoms with van der Waals surface area (Å²) in [6.45, 7) is 2.46. The molecule has 1 heterocycles. The van der Waals surface area contributed by atoms with Gasteiger partial charge in [-0.1, -0.05) is 0 Å². The Morgan fingerprint density at radius 3 is 2.70 bits per heavy atom. The Morgan fingerprint density at radius 2 is 2.30 bits per heavy atom. The zero-order valence-corrected chi connectivity index (χ0v) is 7.92. The second-order valence-electron chi connectivity index (χ2n) is 2.92. The summed E-state index contributed by atoms with van der Waals surface area (Å²) in [6.07, 6.45) is 2.65. The van der Waals surface area contributed by atoms with Gasteiger partial charge in [-0.2, -0.15) is 0 Å². The molecule has 1 saturated heterocycles. The third-order valence-corrected chi connectivity index (χ3v) is 2.38. The Labute approximate surface area is 74.1 Å². The van der Waals surface area contributed by atoms with Gasteiger partial charge in [0.05, 0.1) is 0 Å². The number of rotatable bonds is 1. The van der Waals surface area contributed by atoms with Gasteiger partial charge in [-0.05, 0) is 32.4 Å². The van der Waals surface area contributed by atoms with Crippen molar-refractivity contribution in [2.75, 3.05) is 26.0 Å². The second-order valence-corrected chi connectivity index (χ2v) is 3.23. The molecular formula is C7H15Cl2N. The lowest BCUT2D eigenvalue weighted by Gasteiger charge is -2.27. The molecule has 62 valence electrons. The number of alkyl halides is 1. The monoisotopic (exact) mass is 183 g/mol. The van der Waals surface area contributed by atoms with E-state index in [0.29, 0.717) is 0 Å². The lowest BCUT2D eigenvalue weighted by molar-refractivity contribution is 0.223. The molecule has 0 amide bonds. The zero-order valence-electron chi connectivity index (χ0n) is 6.35. The second kappa shape index (κ2) is 5.22. The van der Waals surface area contributed by atoms with E-state index in [1.54, 1.807) is 0 Å². The van der Waals surface area contributed by atoms with E-state index in [1.165, 1.54) is 25.9 Å². The van der Waals surface area contributed by atoms with Crippen molar-refractivity contribution in [2.45, 2.75) is 12.8 Å². The molecule has 0 aliphatic carbocycles. The molecular weight excluding hydrogens is 169 g/mol. The molecule has 1 nitrogen and oxygen atoms in total. The van der Waals surface area contributed by atoms with Crippen LogP contribution in [0.5, 0.6) is 0 Å².